The smallest absolute Gasteiger partial charge is 0.163 e. The van der Waals surface area contributed by atoms with Crippen molar-refractivity contribution in [2.45, 2.75) is 25.4 Å². The fourth-order valence-electron chi connectivity index (χ4n) is 3.03. The summed E-state index contributed by atoms with van der Waals surface area (Å²) in [6.07, 6.45) is 0.243. The zero-order chi connectivity index (χ0) is 23.3. The molecule has 1 aromatic heterocycles. The molecule has 1 atom stereocenters. The van der Waals surface area contributed by atoms with Crippen molar-refractivity contribution in [2.24, 2.45) is 0 Å². The van der Waals surface area contributed by atoms with Crippen molar-refractivity contribution in [1.29, 1.82) is 0 Å². The predicted octanol–water partition coefficient (Wildman–Crippen LogP) is 4.85. The van der Waals surface area contributed by atoms with Crippen molar-refractivity contribution in [3.8, 4) is 22.1 Å². The molecule has 0 radical (unpaired) electrons. The molecule has 0 aliphatic rings. The normalized spacial score (nSPS) is 12.9. The lowest BCUT2D eigenvalue weighted by atomic mass is 9.94. The van der Waals surface area contributed by atoms with Crippen LogP contribution < -0.4 is 9.47 Å². The Hall–Kier alpha value is -2.52. The summed E-state index contributed by atoms with van der Waals surface area (Å²) in [7, 11) is 1.47. The predicted molar refractivity (Wildman–Crippen MR) is 121 cm³/mol. The number of aliphatic hydroxyl groups excluding tert-OH is 1. The van der Waals surface area contributed by atoms with Gasteiger partial charge in [-0.1, -0.05) is 11.6 Å². The molecule has 2 N–H and O–H groups in total. The molecule has 6 nitrogen and oxygen atoms in total. The number of ketones is 1. The molecule has 0 aliphatic carbocycles. The molecule has 2 aromatic carbocycles. The van der Waals surface area contributed by atoms with Gasteiger partial charge in [0.25, 0.3) is 0 Å². The summed E-state index contributed by atoms with van der Waals surface area (Å²) in [5, 5.41) is 22.1. The lowest BCUT2D eigenvalue weighted by molar-refractivity contribution is 0.0403. The van der Waals surface area contributed by atoms with Gasteiger partial charge in [-0.05, 0) is 49.7 Å². The number of benzene rings is 2. The molecule has 0 bridgehead atoms. The monoisotopic (exact) mass is 479 g/mol. The number of carbonyl (C=O) groups is 1. The van der Waals surface area contributed by atoms with Gasteiger partial charge in [-0.3, -0.25) is 4.79 Å². The van der Waals surface area contributed by atoms with Gasteiger partial charge in [0, 0.05) is 22.9 Å². The van der Waals surface area contributed by atoms with E-state index >= 15 is 0 Å². The van der Waals surface area contributed by atoms with Crippen LogP contribution in [0, 0.1) is 5.82 Å². The molecule has 0 saturated heterocycles. The average molecular weight is 480 g/mol. The zero-order valence-corrected chi connectivity index (χ0v) is 19.2. The molecule has 1 heterocycles. The van der Waals surface area contributed by atoms with Gasteiger partial charge in [0.05, 0.1) is 24.4 Å². The number of Topliss-reactive ketones (excluding diaryl/α,β-unsaturated/α-hetero) is 1. The van der Waals surface area contributed by atoms with Gasteiger partial charge in [0.15, 0.2) is 17.3 Å². The Morgan fingerprint density at radius 1 is 1.25 bits per heavy atom. The lowest BCUT2D eigenvalue weighted by Crippen LogP contribution is -2.23. The number of hydrogen-bond acceptors (Lipinski definition) is 7. The maximum absolute atomic E-state index is 13.4. The number of halogens is 2. The van der Waals surface area contributed by atoms with Gasteiger partial charge >= 0.3 is 0 Å². The van der Waals surface area contributed by atoms with Gasteiger partial charge < -0.3 is 19.7 Å². The topological polar surface area (TPSA) is 88.9 Å². The van der Waals surface area contributed by atoms with Crippen LogP contribution in [0.15, 0.2) is 41.8 Å². The minimum absolute atomic E-state index is 0.000172. The summed E-state index contributed by atoms with van der Waals surface area (Å²) in [6.45, 7) is 1.58. The zero-order valence-electron chi connectivity index (χ0n) is 17.6. The molecule has 9 heteroatoms. The standard InChI is InChI=1S/C23H23ClFNO5S/c1-23(29,21-13-32-22(26-21)15-3-5-17(25)16(24)11-15)8-7-18(28)14-4-6-19(31-10-9-27)20(12-14)30-2/h3-6,11-13,27,29H,7-10H2,1-2H3. The van der Waals surface area contributed by atoms with Crippen molar-refractivity contribution in [2.75, 3.05) is 20.3 Å². The molecule has 3 rings (SSSR count). The summed E-state index contributed by atoms with van der Waals surface area (Å²) < 4.78 is 24.0. The average Bonchev–Trinajstić information content (AvgIpc) is 3.29. The van der Waals surface area contributed by atoms with E-state index in [1.165, 1.54) is 30.6 Å². The van der Waals surface area contributed by atoms with Crippen LogP contribution in [0.25, 0.3) is 10.6 Å². The second-order valence-corrected chi connectivity index (χ2v) is 8.57. The van der Waals surface area contributed by atoms with Crippen LogP contribution in [0.5, 0.6) is 11.5 Å². The Balaban J connectivity index is 1.69. The molecule has 0 saturated carbocycles. The van der Waals surface area contributed by atoms with Crippen molar-refractivity contribution in [1.82, 2.24) is 4.98 Å². The van der Waals surface area contributed by atoms with E-state index in [4.69, 9.17) is 26.2 Å². The van der Waals surface area contributed by atoms with Crippen molar-refractivity contribution in [3.05, 3.63) is 63.9 Å². The number of aliphatic hydroxyl groups is 2. The van der Waals surface area contributed by atoms with E-state index in [1.54, 1.807) is 36.6 Å². The van der Waals surface area contributed by atoms with E-state index in [0.717, 1.165) is 0 Å². The number of ether oxygens (including phenoxy) is 2. The van der Waals surface area contributed by atoms with Crippen LogP contribution in [0.3, 0.4) is 0 Å². The minimum atomic E-state index is -1.33. The Morgan fingerprint density at radius 3 is 2.72 bits per heavy atom. The lowest BCUT2D eigenvalue weighted by Gasteiger charge is -2.20. The van der Waals surface area contributed by atoms with E-state index in [2.05, 4.69) is 4.98 Å². The van der Waals surface area contributed by atoms with E-state index in [1.807, 2.05) is 0 Å². The highest BCUT2D eigenvalue weighted by Crippen LogP contribution is 2.34. The van der Waals surface area contributed by atoms with E-state index in [0.29, 0.717) is 33.3 Å². The summed E-state index contributed by atoms with van der Waals surface area (Å²) in [5.74, 6) is 0.138. The van der Waals surface area contributed by atoms with Crippen LogP contribution in [0.2, 0.25) is 5.02 Å². The van der Waals surface area contributed by atoms with Crippen molar-refractivity contribution in [3.63, 3.8) is 0 Å². The first-order valence-electron chi connectivity index (χ1n) is 9.84. The molecule has 0 fully saturated rings. The van der Waals surface area contributed by atoms with Crippen molar-refractivity contribution >= 4 is 28.7 Å². The van der Waals surface area contributed by atoms with Gasteiger partial charge in [-0.2, -0.15) is 0 Å². The van der Waals surface area contributed by atoms with Gasteiger partial charge in [0.2, 0.25) is 0 Å². The first-order chi connectivity index (χ1) is 15.2. The number of carbonyl (C=O) groups excluding carboxylic acids is 1. The molecule has 1 unspecified atom stereocenters. The Morgan fingerprint density at radius 2 is 2.03 bits per heavy atom. The first kappa shape index (κ1) is 24.1. The van der Waals surface area contributed by atoms with E-state index in [-0.39, 0.29) is 36.9 Å². The molecule has 3 aromatic rings. The third-order valence-electron chi connectivity index (χ3n) is 4.90. The SMILES string of the molecule is COc1cc(C(=O)CCC(C)(O)c2csc(-c3ccc(F)c(Cl)c3)n2)ccc1OCCO. The van der Waals surface area contributed by atoms with E-state index < -0.39 is 11.4 Å². The van der Waals surface area contributed by atoms with Crippen LogP contribution in [0.1, 0.15) is 35.8 Å². The van der Waals surface area contributed by atoms with Crippen molar-refractivity contribution < 1.29 is 28.9 Å². The number of thiazole rings is 1. The molecule has 32 heavy (non-hydrogen) atoms. The highest BCUT2D eigenvalue weighted by atomic mass is 35.5. The number of aromatic nitrogens is 1. The number of methoxy groups -OCH3 is 1. The molecular formula is C23H23ClFNO5S. The highest BCUT2D eigenvalue weighted by Gasteiger charge is 2.28. The first-order valence-corrected chi connectivity index (χ1v) is 11.1. The maximum Gasteiger partial charge on any atom is 0.163 e. The fraction of sp³-hybridized carbons (Fsp3) is 0.304. The fourth-order valence-corrected chi connectivity index (χ4v) is 4.15. The third-order valence-corrected chi connectivity index (χ3v) is 6.08. The van der Waals surface area contributed by atoms with Gasteiger partial charge in [0.1, 0.15) is 23.0 Å². The third kappa shape index (κ3) is 5.63. The van der Waals surface area contributed by atoms with Gasteiger partial charge in [-0.15, -0.1) is 11.3 Å². The van der Waals surface area contributed by atoms with Gasteiger partial charge in [-0.25, -0.2) is 9.37 Å². The molecular weight excluding hydrogens is 457 g/mol. The Labute approximate surface area is 194 Å². The Bertz CT molecular complexity index is 1100. The molecule has 170 valence electrons. The quantitative estimate of drug-likeness (QED) is 0.404. The maximum atomic E-state index is 13.4. The minimum Gasteiger partial charge on any atom is -0.493 e. The van der Waals surface area contributed by atoms with Crippen LogP contribution in [0.4, 0.5) is 4.39 Å². The molecule has 0 amide bonds. The van der Waals surface area contributed by atoms with Crippen LogP contribution in [-0.2, 0) is 5.60 Å². The number of hydrogen-bond donors (Lipinski definition) is 2. The number of rotatable bonds is 10. The second-order valence-electron chi connectivity index (χ2n) is 7.30. The summed E-state index contributed by atoms with van der Waals surface area (Å²) >= 11 is 7.15. The summed E-state index contributed by atoms with van der Waals surface area (Å²) in [5.41, 5.74) is 0.169. The van der Waals surface area contributed by atoms with Crippen LogP contribution in [-0.4, -0.2) is 41.3 Å². The molecule has 0 aliphatic heterocycles. The van der Waals surface area contributed by atoms with Crippen LogP contribution >= 0.6 is 22.9 Å². The summed E-state index contributed by atoms with van der Waals surface area (Å²) in [4.78, 5) is 17.2. The molecule has 0 spiro atoms. The highest BCUT2D eigenvalue weighted by molar-refractivity contribution is 7.13. The summed E-state index contributed by atoms with van der Waals surface area (Å²) in [6, 6.07) is 9.13. The largest absolute Gasteiger partial charge is 0.493 e. The Kier molecular flexibility index (Phi) is 7.84. The number of nitrogens with zero attached hydrogens (tertiary/aromatic N) is 1. The van der Waals surface area contributed by atoms with E-state index in [9.17, 15) is 14.3 Å². The second kappa shape index (κ2) is 10.4.